The maximum Gasteiger partial charge on any atom is 0.302 e. The number of nitrogens with zero attached hydrogens (tertiary/aromatic N) is 1. The molecule has 4 nitrogen and oxygen atoms in total. The summed E-state index contributed by atoms with van der Waals surface area (Å²) in [5.41, 5.74) is 0.833. The number of carbonyl (C=O) groups is 1. The molecule has 12 heavy (non-hydrogen) atoms. The van der Waals surface area contributed by atoms with E-state index in [2.05, 4.69) is 11.6 Å². The average Bonchev–Trinajstić information content (AvgIpc) is 2.59. The molecule has 2 unspecified atom stereocenters. The molecule has 0 aromatic heterocycles. The molecule has 0 heterocycles. The van der Waals surface area contributed by atoms with Crippen LogP contribution in [0.25, 0.3) is 0 Å². The van der Waals surface area contributed by atoms with Crippen LogP contribution in [-0.2, 0) is 14.3 Å². The van der Waals surface area contributed by atoms with Gasteiger partial charge in [-0.15, -0.1) is 0 Å². The van der Waals surface area contributed by atoms with Gasteiger partial charge in [-0.2, -0.15) is 4.99 Å². The molecule has 0 amide bonds. The molecular weight excluding hydrogens is 158 g/mol. The van der Waals surface area contributed by atoms with Gasteiger partial charge in [-0.3, -0.25) is 4.79 Å². The van der Waals surface area contributed by atoms with Crippen molar-refractivity contribution in [2.75, 3.05) is 6.61 Å². The molecule has 1 fully saturated rings. The molecule has 0 saturated heterocycles. The van der Waals surface area contributed by atoms with Crippen molar-refractivity contribution >= 4 is 12.0 Å². The monoisotopic (exact) mass is 167 g/mol. The molecule has 0 aromatic rings. The molecular formula is C8H9NO3. The van der Waals surface area contributed by atoms with Crippen LogP contribution in [0.3, 0.4) is 0 Å². The molecule has 0 aliphatic heterocycles. The lowest BCUT2D eigenvalue weighted by Crippen LogP contribution is -2.03. The Morgan fingerprint density at radius 3 is 3.00 bits per heavy atom. The Labute approximate surface area is 69.9 Å². The quantitative estimate of drug-likeness (QED) is 0.265. The molecule has 0 radical (unpaired) electrons. The SMILES string of the molecule is C=C1C(COC(C)=O)C1N=C=O. The Bertz CT molecular complexity index is 265. The predicted molar refractivity (Wildman–Crippen MR) is 41.2 cm³/mol. The van der Waals surface area contributed by atoms with E-state index in [0.717, 1.165) is 5.57 Å². The summed E-state index contributed by atoms with van der Waals surface area (Å²) in [6.45, 7) is 5.27. The van der Waals surface area contributed by atoms with Crippen LogP contribution in [0.5, 0.6) is 0 Å². The second-order valence-electron chi connectivity index (χ2n) is 2.65. The minimum Gasteiger partial charge on any atom is -0.465 e. The van der Waals surface area contributed by atoms with Crippen LogP contribution in [0.4, 0.5) is 0 Å². The van der Waals surface area contributed by atoms with E-state index in [-0.39, 0.29) is 24.5 Å². The third-order valence-electron chi connectivity index (χ3n) is 1.79. The fourth-order valence-corrected chi connectivity index (χ4v) is 0.994. The van der Waals surface area contributed by atoms with Crippen molar-refractivity contribution in [1.29, 1.82) is 0 Å². The Morgan fingerprint density at radius 1 is 1.83 bits per heavy atom. The topological polar surface area (TPSA) is 55.7 Å². The molecule has 1 aliphatic carbocycles. The highest BCUT2D eigenvalue weighted by Crippen LogP contribution is 2.39. The summed E-state index contributed by atoms with van der Waals surface area (Å²) in [6.07, 6.45) is 1.45. The van der Waals surface area contributed by atoms with Crippen LogP contribution in [0, 0.1) is 5.92 Å². The highest BCUT2D eigenvalue weighted by Gasteiger charge is 2.43. The first kappa shape index (κ1) is 8.68. The van der Waals surface area contributed by atoms with Crippen molar-refractivity contribution in [1.82, 2.24) is 0 Å². The van der Waals surface area contributed by atoms with Gasteiger partial charge in [0, 0.05) is 12.8 Å². The van der Waals surface area contributed by atoms with Gasteiger partial charge in [0.25, 0.3) is 0 Å². The zero-order valence-electron chi connectivity index (χ0n) is 6.74. The van der Waals surface area contributed by atoms with Gasteiger partial charge in [0.05, 0.1) is 6.04 Å². The van der Waals surface area contributed by atoms with Crippen molar-refractivity contribution in [2.24, 2.45) is 10.9 Å². The van der Waals surface area contributed by atoms with Crippen LogP contribution < -0.4 is 0 Å². The lowest BCUT2D eigenvalue weighted by molar-refractivity contribution is -0.141. The number of ether oxygens (including phenoxy) is 1. The van der Waals surface area contributed by atoms with Gasteiger partial charge in [0.15, 0.2) is 0 Å². The van der Waals surface area contributed by atoms with Gasteiger partial charge in [-0.25, -0.2) is 4.79 Å². The maximum atomic E-state index is 10.4. The van der Waals surface area contributed by atoms with Gasteiger partial charge in [0.1, 0.15) is 6.61 Å². The summed E-state index contributed by atoms with van der Waals surface area (Å²) in [5, 5.41) is 0. The van der Waals surface area contributed by atoms with E-state index in [4.69, 9.17) is 4.74 Å². The van der Waals surface area contributed by atoms with E-state index in [1.54, 1.807) is 0 Å². The summed E-state index contributed by atoms with van der Waals surface area (Å²) in [5.74, 6) is -0.307. The van der Waals surface area contributed by atoms with Crippen molar-refractivity contribution in [3.63, 3.8) is 0 Å². The van der Waals surface area contributed by atoms with Gasteiger partial charge < -0.3 is 4.74 Å². The fourth-order valence-electron chi connectivity index (χ4n) is 0.994. The molecule has 1 aliphatic rings. The van der Waals surface area contributed by atoms with Gasteiger partial charge in [-0.05, 0) is 5.57 Å². The molecule has 1 saturated carbocycles. The molecule has 4 heteroatoms. The zero-order valence-corrected chi connectivity index (χ0v) is 6.74. The number of isocyanates is 1. The zero-order chi connectivity index (χ0) is 9.14. The molecule has 0 spiro atoms. The standard InChI is InChI=1S/C8H9NO3/c1-5-7(3-12-6(2)11)8(5)9-4-10/h7-8H,1,3H2,2H3. The van der Waals surface area contributed by atoms with Crippen LogP contribution in [0.1, 0.15) is 6.92 Å². The molecule has 64 valence electrons. The van der Waals surface area contributed by atoms with E-state index in [0.29, 0.717) is 0 Å². The Balaban J connectivity index is 2.33. The number of rotatable bonds is 3. The van der Waals surface area contributed by atoms with Crippen LogP contribution in [-0.4, -0.2) is 24.7 Å². The normalized spacial score (nSPS) is 25.9. The van der Waals surface area contributed by atoms with Gasteiger partial charge in [-0.1, -0.05) is 6.58 Å². The lowest BCUT2D eigenvalue weighted by atomic mass is 10.4. The van der Waals surface area contributed by atoms with Crippen molar-refractivity contribution in [2.45, 2.75) is 13.0 Å². The molecule has 0 bridgehead atoms. The van der Waals surface area contributed by atoms with E-state index in [1.807, 2.05) is 0 Å². The van der Waals surface area contributed by atoms with E-state index in [1.165, 1.54) is 13.0 Å². The number of hydrogen-bond acceptors (Lipinski definition) is 4. The fraction of sp³-hybridized carbons (Fsp3) is 0.500. The molecule has 2 atom stereocenters. The summed E-state index contributed by atoms with van der Waals surface area (Å²) in [7, 11) is 0. The second-order valence-corrected chi connectivity index (χ2v) is 2.65. The van der Waals surface area contributed by atoms with Crippen molar-refractivity contribution in [3.05, 3.63) is 12.2 Å². The van der Waals surface area contributed by atoms with Crippen LogP contribution in [0.2, 0.25) is 0 Å². The lowest BCUT2D eigenvalue weighted by Gasteiger charge is -1.96. The van der Waals surface area contributed by atoms with Gasteiger partial charge >= 0.3 is 5.97 Å². The van der Waals surface area contributed by atoms with Crippen LogP contribution >= 0.6 is 0 Å². The highest BCUT2D eigenvalue weighted by molar-refractivity contribution is 5.66. The molecule has 1 rings (SSSR count). The average molecular weight is 167 g/mol. The number of hydrogen-bond donors (Lipinski definition) is 0. The molecule has 0 aromatic carbocycles. The second kappa shape index (κ2) is 3.32. The van der Waals surface area contributed by atoms with Gasteiger partial charge in [0.2, 0.25) is 6.08 Å². The van der Waals surface area contributed by atoms with E-state index >= 15 is 0 Å². The van der Waals surface area contributed by atoms with Crippen molar-refractivity contribution in [3.8, 4) is 0 Å². The minimum absolute atomic E-state index is 0.0235. The first-order valence-corrected chi connectivity index (χ1v) is 3.56. The largest absolute Gasteiger partial charge is 0.465 e. The Kier molecular flexibility index (Phi) is 2.41. The number of carbonyl (C=O) groups excluding carboxylic acids is 2. The molecule has 0 N–H and O–H groups in total. The summed E-state index contributed by atoms with van der Waals surface area (Å²) >= 11 is 0. The summed E-state index contributed by atoms with van der Waals surface area (Å²) in [6, 6.07) is -0.179. The highest BCUT2D eigenvalue weighted by atomic mass is 16.5. The smallest absolute Gasteiger partial charge is 0.302 e. The van der Waals surface area contributed by atoms with E-state index in [9.17, 15) is 9.59 Å². The third-order valence-corrected chi connectivity index (χ3v) is 1.79. The third kappa shape index (κ3) is 1.80. The predicted octanol–water partition coefficient (Wildman–Crippen LogP) is 0.440. The summed E-state index contributed by atoms with van der Waals surface area (Å²) < 4.78 is 4.72. The minimum atomic E-state index is -0.330. The van der Waals surface area contributed by atoms with E-state index < -0.39 is 0 Å². The first-order valence-electron chi connectivity index (χ1n) is 3.56. The maximum absolute atomic E-state index is 10.4. The van der Waals surface area contributed by atoms with Crippen LogP contribution in [0.15, 0.2) is 17.1 Å². The number of esters is 1. The Morgan fingerprint density at radius 2 is 2.50 bits per heavy atom. The Hall–Kier alpha value is -1.41. The summed E-state index contributed by atoms with van der Waals surface area (Å²) in [4.78, 5) is 23.7. The van der Waals surface area contributed by atoms with Crippen molar-refractivity contribution < 1.29 is 14.3 Å². The first-order chi connectivity index (χ1) is 5.66. The number of aliphatic imine (C=N–C) groups is 1.